The van der Waals surface area contributed by atoms with Gasteiger partial charge in [0.15, 0.2) is 0 Å². The standard InChI is InChI=1S/C15H21BrN4/c1-5-6-20-13(9-18-19-20)15(17-4)12-7-10(2)14(16)11(3)8-12/h7-9,15,17H,5-6H2,1-4H3. The van der Waals surface area contributed by atoms with Crippen LogP contribution in [-0.4, -0.2) is 22.0 Å². The molecule has 1 unspecified atom stereocenters. The van der Waals surface area contributed by atoms with E-state index in [1.165, 1.54) is 21.2 Å². The van der Waals surface area contributed by atoms with E-state index in [9.17, 15) is 0 Å². The van der Waals surface area contributed by atoms with Gasteiger partial charge in [0, 0.05) is 11.0 Å². The van der Waals surface area contributed by atoms with Crippen LogP contribution >= 0.6 is 15.9 Å². The predicted molar refractivity (Wildman–Crippen MR) is 84.8 cm³/mol. The molecular weight excluding hydrogens is 316 g/mol. The number of aromatic nitrogens is 3. The number of hydrogen-bond donors (Lipinski definition) is 1. The molecule has 2 aromatic rings. The molecule has 0 amide bonds. The minimum absolute atomic E-state index is 0.113. The molecule has 1 N–H and O–H groups in total. The average Bonchev–Trinajstić information content (AvgIpc) is 2.86. The third-order valence-electron chi connectivity index (χ3n) is 3.46. The highest BCUT2D eigenvalue weighted by atomic mass is 79.9. The number of nitrogens with zero attached hydrogens (tertiary/aromatic N) is 3. The zero-order chi connectivity index (χ0) is 14.7. The van der Waals surface area contributed by atoms with Crippen molar-refractivity contribution >= 4 is 15.9 Å². The van der Waals surface area contributed by atoms with Gasteiger partial charge in [-0.15, -0.1) is 5.10 Å². The minimum atomic E-state index is 0.113. The van der Waals surface area contributed by atoms with Crippen LogP contribution in [0.15, 0.2) is 22.8 Å². The molecule has 0 saturated carbocycles. The number of rotatable bonds is 5. The number of halogens is 1. The maximum absolute atomic E-state index is 4.18. The summed E-state index contributed by atoms with van der Waals surface area (Å²) in [5.74, 6) is 0. The molecule has 0 aliphatic carbocycles. The van der Waals surface area contributed by atoms with Gasteiger partial charge < -0.3 is 5.32 Å². The van der Waals surface area contributed by atoms with E-state index < -0.39 is 0 Å². The zero-order valence-corrected chi connectivity index (χ0v) is 14.0. The Morgan fingerprint density at radius 2 is 1.95 bits per heavy atom. The van der Waals surface area contributed by atoms with Gasteiger partial charge in [-0.05, 0) is 44.0 Å². The molecule has 1 aromatic carbocycles. The largest absolute Gasteiger partial charge is 0.308 e. The van der Waals surface area contributed by atoms with Crippen molar-refractivity contribution < 1.29 is 0 Å². The van der Waals surface area contributed by atoms with Gasteiger partial charge in [-0.25, -0.2) is 4.68 Å². The summed E-state index contributed by atoms with van der Waals surface area (Å²) in [5, 5.41) is 11.6. The van der Waals surface area contributed by atoms with Gasteiger partial charge in [0.2, 0.25) is 0 Å². The van der Waals surface area contributed by atoms with Crippen molar-refractivity contribution in [2.45, 2.75) is 39.8 Å². The summed E-state index contributed by atoms with van der Waals surface area (Å²) in [6, 6.07) is 4.53. The molecule has 20 heavy (non-hydrogen) atoms. The second-order valence-electron chi connectivity index (χ2n) is 5.07. The summed E-state index contributed by atoms with van der Waals surface area (Å²) in [6.07, 6.45) is 2.90. The normalized spacial score (nSPS) is 12.7. The molecule has 108 valence electrons. The smallest absolute Gasteiger partial charge is 0.0801 e. The van der Waals surface area contributed by atoms with E-state index in [-0.39, 0.29) is 6.04 Å². The molecule has 0 fully saturated rings. The third kappa shape index (κ3) is 2.94. The van der Waals surface area contributed by atoms with E-state index >= 15 is 0 Å². The maximum Gasteiger partial charge on any atom is 0.0801 e. The first kappa shape index (κ1) is 15.2. The van der Waals surface area contributed by atoms with Gasteiger partial charge in [0.25, 0.3) is 0 Å². The Bertz CT molecular complexity index is 568. The highest BCUT2D eigenvalue weighted by Gasteiger charge is 2.18. The highest BCUT2D eigenvalue weighted by Crippen LogP contribution is 2.28. The molecule has 4 nitrogen and oxygen atoms in total. The van der Waals surface area contributed by atoms with Crippen LogP contribution in [0.1, 0.15) is 41.8 Å². The van der Waals surface area contributed by atoms with Gasteiger partial charge in [0.05, 0.1) is 17.9 Å². The molecule has 1 atom stereocenters. The molecule has 1 heterocycles. The van der Waals surface area contributed by atoms with Gasteiger partial charge >= 0.3 is 0 Å². The SMILES string of the molecule is CCCn1nncc1C(NC)c1cc(C)c(Br)c(C)c1. The van der Waals surface area contributed by atoms with E-state index in [0.717, 1.165) is 18.7 Å². The lowest BCUT2D eigenvalue weighted by Crippen LogP contribution is -2.22. The second-order valence-corrected chi connectivity index (χ2v) is 5.87. The van der Waals surface area contributed by atoms with Crippen LogP contribution in [0, 0.1) is 13.8 Å². The van der Waals surface area contributed by atoms with Gasteiger partial charge in [0.1, 0.15) is 0 Å². The van der Waals surface area contributed by atoms with Crippen LogP contribution < -0.4 is 5.32 Å². The first-order valence-corrected chi connectivity index (χ1v) is 7.70. The number of benzene rings is 1. The summed E-state index contributed by atoms with van der Waals surface area (Å²) >= 11 is 3.62. The molecule has 5 heteroatoms. The summed E-state index contributed by atoms with van der Waals surface area (Å²) in [7, 11) is 1.97. The van der Waals surface area contributed by atoms with Crippen molar-refractivity contribution in [3.63, 3.8) is 0 Å². The van der Waals surface area contributed by atoms with E-state index in [1.54, 1.807) is 0 Å². The Kier molecular flexibility index (Phi) is 4.94. The second kappa shape index (κ2) is 6.50. The van der Waals surface area contributed by atoms with E-state index in [1.807, 2.05) is 17.9 Å². The number of hydrogen-bond acceptors (Lipinski definition) is 3. The fourth-order valence-electron chi connectivity index (χ4n) is 2.51. The Hall–Kier alpha value is -1.20. The Morgan fingerprint density at radius 1 is 1.30 bits per heavy atom. The number of nitrogens with one attached hydrogen (secondary N) is 1. The first-order valence-electron chi connectivity index (χ1n) is 6.90. The molecule has 0 saturated heterocycles. The van der Waals surface area contributed by atoms with Crippen LogP contribution in [0.2, 0.25) is 0 Å². The summed E-state index contributed by atoms with van der Waals surface area (Å²) < 4.78 is 3.16. The van der Waals surface area contributed by atoms with E-state index in [0.29, 0.717) is 0 Å². The molecule has 0 bridgehead atoms. The van der Waals surface area contributed by atoms with Gasteiger partial charge in [-0.2, -0.15) is 0 Å². The minimum Gasteiger partial charge on any atom is -0.308 e. The monoisotopic (exact) mass is 336 g/mol. The topological polar surface area (TPSA) is 42.7 Å². The van der Waals surface area contributed by atoms with E-state index in [4.69, 9.17) is 0 Å². The summed E-state index contributed by atoms with van der Waals surface area (Å²) in [6.45, 7) is 7.28. The van der Waals surface area contributed by atoms with Crippen LogP contribution in [0.4, 0.5) is 0 Å². The van der Waals surface area contributed by atoms with Crippen LogP contribution in [0.5, 0.6) is 0 Å². The molecule has 0 radical (unpaired) electrons. The lowest BCUT2D eigenvalue weighted by atomic mass is 9.99. The van der Waals surface area contributed by atoms with Gasteiger partial charge in [-0.3, -0.25) is 0 Å². The molecule has 1 aromatic heterocycles. The quantitative estimate of drug-likeness (QED) is 0.910. The molecule has 0 aliphatic heterocycles. The fourth-order valence-corrected chi connectivity index (χ4v) is 2.74. The molecular formula is C15H21BrN4. The van der Waals surface area contributed by atoms with Crippen LogP contribution in [0.3, 0.4) is 0 Å². The number of aryl methyl sites for hydroxylation is 3. The predicted octanol–water partition coefficient (Wildman–Crippen LogP) is 3.38. The summed E-state index contributed by atoms with van der Waals surface area (Å²) in [4.78, 5) is 0. The Labute approximate surface area is 128 Å². The zero-order valence-electron chi connectivity index (χ0n) is 12.4. The van der Waals surface area contributed by atoms with Gasteiger partial charge in [-0.1, -0.05) is 40.2 Å². The average molecular weight is 337 g/mol. The van der Waals surface area contributed by atoms with Crippen molar-refractivity contribution in [2.24, 2.45) is 0 Å². The van der Waals surface area contributed by atoms with E-state index in [2.05, 4.69) is 64.5 Å². The highest BCUT2D eigenvalue weighted by molar-refractivity contribution is 9.10. The molecule has 2 rings (SSSR count). The third-order valence-corrected chi connectivity index (χ3v) is 4.71. The van der Waals surface area contributed by atoms with Crippen molar-refractivity contribution in [3.8, 4) is 0 Å². The Morgan fingerprint density at radius 3 is 2.50 bits per heavy atom. The van der Waals surface area contributed by atoms with Crippen LogP contribution in [-0.2, 0) is 6.54 Å². The van der Waals surface area contributed by atoms with Crippen molar-refractivity contribution in [2.75, 3.05) is 7.05 Å². The lowest BCUT2D eigenvalue weighted by Gasteiger charge is -2.19. The maximum atomic E-state index is 4.18. The van der Waals surface area contributed by atoms with Crippen molar-refractivity contribution in [1.29, 1.82) is 0 Å². The van der Waals surface area contributed by atoms with Crippen molar-refractivity contribution in [3.05, 3.63) is 45.2 Å². The first-order chi connectivity index (χ1) is 9.58. The Balaban J connectivity index is 2.44. The molecule has 0 spiro atoms. The molecule has 0 aliphatic rings. The lowest BCUT2D eigenvalue weighted by molar-refractivity contribution is 0.523. The fraction of sp³-hybridized carbons (Fsp3) is 0.467. The van der Waals surface area contributed by atoms with Crippen LogP contribution in [0.25, 0.3) is 0 Å². The van der Waals surface area contributed by atoms with Crippen molar-refractivity contribution in [1.82, 2.24) is 20.3 Å². The summed E-state index contributed by atoms with van der Waals surface area (Å²) in [5.41, 5.74) is 4.84.